The first kappa shape index (κ1) is 28.2. The number of carbonyl (C=O) groups excluding carboxylic acids is 3. The van der Waals surface area contributed by atoms with E-state index < -0.39 is 23.5 Å². The topological polar surface area (TPSA) is 88.6 Å². The fraction of sp³-hybridized carbons (Fsp3) is 0.143. The Kier molecular flexibility index (Phi) is 8.47. The molecule has 1 fully saturated rings. The Morgan fingerprint density at radius 1 is 0.884 bits per heavy atom. The summed E-state index contributed by atoms with van der Waals surface area (Å²) in [6.45, 7) is 0. The number of benzene rings is 3. The van der Waals surface area contributed by atoms with E-state index in [9.17, 15) is 14.4 Å². The number of hydrogen-bond donors (Lipinski definition) is 1. The molecule has 2 atom stereocenters. The summed E-state index contributed by atoms with van der Waals surface area (Å²) in [6.07, 6.45) is 4.83. The molecule has 3 aromatic carbocycles. The molecule has 0 spiro atoms. The first-order chi connectivity index (χ1) is 21.1. The first-order valence-electron chi connectivity index (χ1n) is 14.0. The van der Waals surface area contributed by atoms with Crippen molar-refractivity contribution in [1.29, 1.82) is 0 Å². The van der Waals surface area contributed by atoms with Gasteiger partial charge in [-0.3, -0.25) is 19.5 Å². The molecule has 2 aliphatic rings. The first-order valence-corrected chi connectivity index (χ1v) is 15.0. The second kappa shape index (κ2) is 12.9. The molecule has 1 saturated heterocycles. The van der Waals surface area contributed by atoms with Gasteiger partial charge >= 0.3 is 5.97 Å². The molecular weight excluding hydrogens is 558 g/mol. The minimum Gasteiger partial charge on any atom is -0.448 e. The lowest BCUT2D eigenvalue weighted by Crippen LogP contribution is -2.70. The van der Waals surface area contributed by atoms with E-state index in [1.54, 1.807) is 6.20 Å². The Hall–Kier alpha value is -4.95. The second-order valence-corrected chi connectivity index (χ2v) is 11.3. The van der Waals surface area contributed by atoms with Crippen LogP contribution in [0.5, 0.6) is 0 Å². The van der Waals surface area contributed by atoms with Crippen LogP contribution < -0.4 is 5.32 Å². The van der Waals surface area contributed by atoms with Gasteiger partial charge in [-0.1, -0.05) is 103 Å². The van der Waals surface area contributed by atoms with Gasteiger partial charge in [0, 0.05) is 11.9 Å². The van der Waals surface area contributed by atoms with E-state index >= 15 is 0 Å². The van der Waals surface area contributed by atoms with Crippen LogP contribution >= 0.6 is 11.8 Å². The Bertz CT molecular complexity index is 1620. The third kappa shape index (κ3) is 6.29. The number of thioether (sulfide) groups is 1. The lowest BCUT2D eigenvalue weighted by molar-refractivity contribution is -0.154. The van der Waals surface area contributed by atoms with Crippen LogP contribution in [0.25, 0.3) is 6.08 Å². The van der Waals surface area contributed by atoms with Crippen molar-refractivity contribution in [3.8, 4) is 0 Å². The van der Waals surface area contributed by atoms with E-state index in [1.807, 2.05) is 121 Å². The standard InChI is InChI=1S/C35H29N3O4S/c39-29(22-24-12-4-1-5-13-24)37-30-33(40)38-31(27(23-43-34(30)38)19-20-28-18-10-11-21-36-28)35(41)42-32(25-14-6-2-7-15-25)26-16-8-3-9-17-26/h1-21,30,32,34H,22-23H2,(H,37,39)/t30?,34-/m1/s1. The van der Waals surface area contributed by atoms with Gasteiger partial charge in [0.25, 0.3) is 5.91 Å². The Labute approximate surface area is 254 Å². The highest BCUT2D eigenvalue weighted by Gasteiger charge is 2.54. The maximum Gasteiger partial charge on any atom is 0.356 e. The number of amides is 2. The van der Waals surface area contributed by atoms with Crippen molar-refractivity contribution in [2.75, 3.05) is 5.75 Å². The maximum atomic E-state index is 14.1. The summed E-state index contributed by atoms with van der Waals surface area (Å²) in [5.41, 5.74) is 4.05. The molecular formula is C35H29N3O4S. The summed E-state index contributed by atoms with van der Waals surface area (Å²) < 4.78 is 6.20. The van der Waals surface area contributed by atoms with Gasteiger partial charge in [0.15, 0.2) is 6.10 Å². The number of nitrogens with zero attached hydrogens (tertiary/aromatic N) is 2. The van der Waals surface area contributed by atoms with Crippen LogP contribution in [-0.2, 0) is 25.5 Å². The number of esters is 1. The average molecular weight is 588 g/mol. The van der Waals surface area contributed by atoms with Crippen molar-refractivity contribution in [1.82, 2.24) is 15.2 Å². The second-order valence-electron chi connectivity index (χ2n) is 10.2. The van der Waals surface area contributed by atoms with E-state index in [0.29, 0.717) is 11.3 Å². The molecule has 1 unspecified atom stereocenters. The molecule has 1 aromatic heterocycles. The van der Waals surface area contributed by atoms with Crippen molar-refractivity contribution < 1.29 is 19.1 Å². The summed E-state index contributed by atoms with van der Waals surface area (Å²) in [7, 11) is 0. The molecule has 214 valence electrons. The number of aromatic nitrogens is 1. The normalized spacial score (nSPS) is 17.9. The van der Waals surface area contributed by atoms with Gasteiger partial charge in [0.05, 0.1) is 12.1 Å². The number of allylic oxidation sites excluding steroid dienone is 1. The van der Waals surface area contributed by atoms with Crippen LogP contribution in [0, 0.1) is 0 Å². The molecule has 4 aromatic rings. The summed E-state index contributed by atoms with van der Waals surface area (Å²) in [4.78, 5) is 46.3. The lowest BCUT2D eigenvalue weighted by Gasteiger charge is -2.49. The smallest absolute Gasteiger partial charge is 0.356 e. The van der Waals surface area contributed by atoms with Crippen LogP contribution in [0.15, 0.2) is 133 Å². The van der Waals surface area contributed by atoms with Gasteiger partial charge in [-0.05, 0) is 40.5 Å². The van der Waals surface area contributed by atoms with Gasteiger partial charge in [-0.2, -0.15) is 0 Å². The van der Waals surface area contributed by atoms with Crippen molar-refractivity contribution >= 4 is 35.6 Å². The monoisotopic (exact) mass is 587 g/mol. The summed E-state index contributed by atoms with van der Waals surface area (Å²) in [5.74, 6) is -0.738. The van der Waals surface area contributed by atoms with Gasteiger partial charge in [0.2, 0.25) is 5.91 Å². The number of hydrogen-bond acceptors (Lipinski definition) is 6. The van der Waals surface area contributed by atoms with E-state index in [1.165, 1.54) is 16.7 Å². The van der Waals surface area contributed by atoms with Crippen LogP contribution in [0.3, 0.4) is 0 Å². The predicted octanol–water partition coefficient (Wildman–Crippen LogP) is 5.32. The highest BCUT2D eigenvalue weighted by atomic mass is 32.2. The SMILES string of the molecule is O=C(Cc1ccccc1)NC1C(=O)N2C(C(=O)OC(c3ccccc3)c3ccccc3)=C(C=Cc3ccccn3)CS[C@H]12. The van der Waals surface area contributed by atoms with Crippen LogP contribution in [0.2, 0.25) is 0 Å². The minimum absolute atomic E-state index is 0.167. The lowest BCUT2D eigenvalue weighted by atomic mass is 10.00. The third-order valence-electron chi connectivity index (χ3n) is 7.29. The zero-order valence-electron chi connectivity index (χ0n) is 23.2. The number of rotatable bonds is 9. The molecule has 0 bridgehead atoms. The number of fused-ring (bicyclic) bond motifs is 1. The Morgan fingerprint density at radius 2 is 1.51 bits per heavy atom. The van der Waals surface area contributed by atoms with Gasteiger partial charge < -0.3 is 10.1 Å². The van der Waals surface area contributed by atoms with Crippen molar-refractivity contribution in [2.24, 2.45) is 0 Å². The van der Waals surface area contributed by atoms with E-state index in [2.05, 4.69) is 10.3 Å². The molecule has 7 nitrogen and oxygen atoms in total. The Balaban J connectivity index is 1.29. The maximum absolute atomic E-state index is 14.1. The zero-order chi connectivity index (χ0) is 29.6. The molecule has 2 amide bonds. The van der Waals surface area contributed by atoms with E-state index in [-0.39, 0.29) is 23.9 Å². The van der Waals surface area contributed by atoms with E-state index in [0.717, 1.165) is 22.4 Å². The predicted molar refractivity (Wildman–Crippen MR) is 166 cm³/mol. The summed E-state index contributed by atoms with van der Waals surface area (Å²) >= 11 is 1.50. The fourth-order valence-corrected chi connectivity index (χ4v) is 6.49. The van der Waals surface area contributed by atoms with Gasteiger partial charge in [0.1, 0.15) is 17.1 Å². The molecule has 3 heterocycles. The number of nitrogens with one attached hydrogen (secondary N) is 1. The molecule has 1 N–H and O–H groups in total. The highest BCUT2D eigenvalue weighted by molar-refractivity contribution is 8.00. The molecule has 2 aliphatic heterocycles. The van der Waals surface area contributed by atoms with Crippen molar-refractivity contribution in [2.45, 2.75) is 23.9 Å². The van der Waals surface area contributed by atoms with Crippen molar-refractivity contribution in [3.63, 3.8) is 0 Å². The molecule has 8 heteroatoms. The fourth-order valence-electron chi connectivity index (χ4n) is 5.17. The highest BCUT2D eigenvalue weighted by Crippen LogP contribution is 2.42. The quantitative estimate of drug-likeness (QED) is 0.211. The molecule has 0 radical (unpaired) electrons. The number of ether oxygens (including phenoxy) is 1. The molecule has 0 aliphatic carbocycles. The van der Waals surface area contributed by atoms with Crippen molar-refractivity contribution in [3.05, 3.63) is 155 Å². The molecule has 6 rings (SSSR count). The minimum atomic E-state index is -0.732. The molecule has 43 heavy (non-hydrogen) atoms. The number of β-lactam (4-membered cyclic amide) rings is 1. The van der Waals surface area contributed by atoms with Gasteiger partial charge in [-0.25, -0.2) is 4.79 Å². The zero-order valence-corrected chi connectivity index (χ0v) is 24.0. The van der Waals surface area contributed by atoms with Crippen LogP contribution in [0.1, 0.15) is 28.5 Å². The van der Waals surface area contributed by atoms with Crippen LogP contribution in [-0.4, -0.2) is 44.8 Å². The number of pyridine rings is 1. The Morgan fingerprint density at radius 3 is 2.14 bits per heavy atom. The van der Waals surface area contributed by atoms with Crippen LogP contribution in [0.4, 0.5) is 0 Å². The van der Waals surface area contributed by atoms with E-state index in [4.69, 9.17) is 4.74 Å². The largest absolute Gasteiger partial charge is 0.448 e. The average Bonchev–Trinajstić information content (AvgIpc) is 3.06. The third-order valence-corrected chi connectivity index (χ3v) is 8.59. The summed E-state index contributed by atoms with van der Waals surface area (Å²) in [5, 5.41) is 2.46. The summed E-state index contributed by atoms with van der Waals surface area (Å²) in [6, 6.07) is 33.3. The van der Waals surface area contributed by atoms with Gasteiger partial charge in [-0.15, -0.1) is 11.8 Å². The molecule has 0 saturated carbocycles. The number of carbonyl (C=O) groups is 3.